The zero-order valence-corrected chi connectivity index (χ0v) is 11.6. The first-order chi connectivity index (χ1) is 8.58. The Hall–Kier alpha value is -1.50. The molecule has 18 heavy (non-hydrogen) atoms. The number of hydrogen-bond donors (Lipinski definition) is 0. The van der Waals surface area contributed by atoms with Gasteiger partial charge in [0.2, 0.25) is 0 Å². The van der Waals surface area contributed by atoms with E-state index in [0.717, 1.165) is 5.75 Å². The summed E-state index contributed by atoms with van der Waals surface area (Å²) in [5.41, 5.74) is 5.44. The van der Waals surface area contributed by atoms with Crippen LogP contribution in [-0.4, -0.2) is 6.61 Å². The molecular formula is C17H22O. The Labute approximate surface area is 110 Å². The first-order valence-corrected chi connectivity index (χ1v) is 6.61. The number of benzene rings is 1. The summed E-state index contributed by atoms with van der Waals surface area (Å²) in [5, 5.41) is 0. The van der Waals surface area contributed by atoms with E-state index in [2.05, 4.69) is 39.5 Å². The third kappa shape index (κ3) is 2.84. The van der Waals surface area contributed by atoms with Crippen LogP contribution < -0.4 is 4.74 Å². The Morgan fingerprint density at radius 1 is 1.28 bits per heavy atom. The van der Waals surface area contributed by atoms with Gasteiger partial charge >= 0.3 is 0 Å². The Kier molecular flexibility index (Phi) is 3.90. The molecule has 0 amide bonds. The summed E-state index contributed by atoms with van der Waals surface area (Å²) >= 11 is 0. The van der Waals surface area contributed by atoms with Gasteiger partial charge in [0.15, 0.2) is 0 Å². The van der Waals surface area contributed by atoms with Crippen molar-refractivity contribution in [3.8, 4) is 5.75 Å². The maximum absolute atomic E-state index is 5.90. The molecule has 0 unspecified atom stereocenters. The number of aryl methyl sites for hydroxylation is 1. The molecule has 1 aromatic rings. The highest BCUT2D eigenvalue weighted by atomic mass is 16.5. The van der Waals surface area contributed by atoms with Crippen molar-refractivity contribution in [3.63, 3.8) is 0 Å². The number of hydrogen-bond acceptors (Lipinski definition) is 1. The SMILES string of the molecule is C=C(C)[C@@H]1CCC(C)=C1COc1ccc(C)cc1. The van der Waals surface area contributed by atoms with Gasteiger partial charge in [0.1, 0.15) is 12.4 Å². The molecular weight excluding hydrogens is 220 g/mol. The van der Waals surface area contributed by atoms with Crippen LogP contribution >= 0.6 is 0 Å². The molecule has 0 N–H and O–H groups in total. The van der Waals surface area contributed by atoms with E-state index in [4.69, 9.17) is 4.74 Å². The van der Waals surface area contributed by atoms with Gasteiger partial charge in [0.05, 0.1) is 0 Å². The molecule has 0 aliphatic heterocycles. The molecule has 0 bridgehead atoms. The van der Waals surface area contributed by atoms with E-state index < -0.39 is 0 Å². The summed E-state index contributed by atoms with van der Waals surface area (Å²) in [4.78, 5) is 0. The highest BCUT2D eigenvalue weighted by Gasteiger charge is 2.23. The summed E-state index contributed by atoms with van der Waals surface area (Å²) in [7, 11) is 0. The van der Waals surface area contributed by atoms with Crippen LogP contribution in [-0.2, 0) is 0 Å². The number of allylic oxidation sites excluding steroid dienone is 2. The minimum absolute atomic E-state index is 0.524. The lowest BCUT2D eigenvalue weighted by molar-refractivity contribution is 0.340. The molecule has 0 spiro atoms. The summed E-state index contributed by atoms with van der Waals surface area (Å²) in [5.74, 6) is 1.48. The van der Waals surface area contributed by atoms with Crippen LogP contribution in [0.1, 0.15) is 32.3 Å². The van der Waals surface area contributed by atoms with E-state index in [0.29, 0.717) is 12.5 Å². The van der Waals surface area contributed by atoms with Crippen LogP contribution in [0.4, 0.5) is 0 Å². The van der Waals surface area contributed by atoms with Gasteiger partial charge in [0, 0.05) is 5.92 Å². The van der Waals surface area contributed by atoms with Crippen LogP contribution in [0.5, 0.6) is 5.75 Å². The van der Waals surface area contributed by atoms with E-state index in [1.807, 2.05) is 12.1 Å². The van der Waals surface area contributed by atoms with E-state index in [1.54, 1.807) is 0 Å². The highest BCUT2D eigenvalue weighted by molar-refractivity contribution is 5.31. The predicted octanol–water partition coefficient (Wildman–Crippen LogP) is 4.68. The summed E-state index contributed by atoms with van der Waals surface area (Å²) in [6, 6.07) is 8.24. The second-order valence-electron chi connectivity index (χ2n) is 5.34. The number of rotatable bonds is 4. The molecule has 0 heterocycles. The lowest BCUT2D eigenvalue weighted by atomic mass is 9.94. The maximum atomic E-state index is 5.90. The van der Waals surface area contributed by atoms with Crippen LogP contribution in [0.15, 0.2) is 47.6 Å². The van der Waals surface area contributed by atoms with Crippen LogP contribution in [0.2, 0.25) is 0 Å². The molecule has 0 saturated heterocycles. The van der Waals surface area contributed by atoms with E-state index in [9.17, 15) is 0 Å². The van der Waals surface area contributed by atoms with Gasteiger partial charge < -0.3 is 4.74 Å². The van der Waals surface area contributed by atoms with Gasteiger partial charge in [0.25, 0.3) is 0 Å². The van der Waals surface area contributed by atoms with Crippen molar-refractivity contribution in [1.82, 2.24) is 0 Å². The monoisotopic (exact) mass is 242 g/mol. The maximum Gasteiger partial charge on any atom is 0.119 e. The van der Waals surface area contributed by atoms with Gasteiger partial charge in [-0.1, -0.05) is 35.4 Å². The molecule has 1 aliphatic rings. The van der Waals surface area contributed by atoms with Crippen molar-refractivity contribution in [2.75, 3.05) is 6.61 Å². The minimum Gasteiger partial charge on any atom is -0.489 e. The Bertz CT molecular complexity index is 465. The fourth-order valence-electron chi connectivity index (χ4n) is 2.56. The average Bonchev–Trinajstić information content (AvgIpc) is 2.70. The summed E-state index contributed by atoms with van der Waals surface area (Å²) < 4.78 is 5.90. The zero-order chi connectivity index (χ0) is 13.1. The van der Waals surface area contributed by atoms with Crippen LogP contribution in [0.3, 0.4) is 0 Å². The molecule has 1 aliphatic carbocycles. The average molecular weight is 242 g/mol. The standard InChI is InChI=1S/C17H22O/c1-12(2)16-10-7-14(4)17(16)11-18-15-8-5-13(3)6-9-15/h5-6,8-9,16H,1,7,10-11H2,2-4H3/t16-/m0/s1. The van der Waals surface area contributed by atoms with Crippen molar-refractivity contribution < 1.29 is 4.74 Å². The minimum atomic E-state index is 0.524. The second-order valence-corrected chi connectivity index (χ2v) is 5.34. The zero-order valence-electron chi connectivity index (χ0n) is 11.6. The third-order valence-corrected chi connectivity index (χ3v) is 3.79. The van der Waals surface area contributed by atoms with Crippen LogP contribution in [0, 0.1) is 12.8 Å². The Balaban J connectivity index is 2.03. The smallest absolute Gasteiger partial charge is 0.119 e. The molecule has 1 atom stereocenters. The summed E-state index contributed by atoms with van der Waals surface area (Å²) in [6.07, 6.45) is 2.39. The fourth-order valence-corrected chi connectivity index (χ4v) is 2.56. The van der Waals surface area contributed by atoms with Gasteiger partial charge in [-0.25, -0.2) is 0 Å². The van der Waals surface area contributed by atoms with Gasteiger partial charge in [-0.05, 0) is 51.3 Å². The van der Waals surface area contributed by atoms with Crippen molar-refractivity contribution in [2.45, 2.75) is 33.6 Å². The highest BCUT2D eigenvalue weighted by Crippen LogP contribution is 2.36. The fraction of sp³-hybridized carbons (Fsp3) is 0.412. The van der Waals surface area contributed by atoms with Gasteiger partial charge in [-0.15, -0.1) is 0 Å². The first-order valence-electron chi connectivity index (χ1n) is 6.61. The van der Waals surface area contributed by atoms with Crippen molar-refractivity contribution in [3.05, 3.63) is 53.1 Å². The van der Waals surface area contributed by atoms with Gasteiger partial charge in [-0.2, -0.15) is 0 Å². The molecule has 0 fully saturated rings. The quantitative estimate of drug-likeness (QED) is 0.697. The second kappa shape index (κ2) is 5.43. The topological polar surface area (TPSA) is 9.23 Å². The largest absolute Gasteiger partial charge is 0.489 e. The third-order valence-electron chi connectivity index (χ3n) is 3.79. The van der Waals surface area contributed by atoms with Crippen molar-refractivity contribution in [2.24, 2.45) is 5.92 Å². The van der Waals surface area contributed by atoms with Crippen molar-refractivity contribution >= 4 is 0 Å². The van der Waals surface area contributed by atoms with Crippen LogP contribution in [0.25, 0.3) is 0 Å². The molecule has 1 nitrogen and oxygen atoms in total. The normalized spacial score (nSPS) is 19.2. The first kappa shape index (κ1) is 12.9. The van der Waals surface area contributed by atoms with E-state index in [1.165, 1.54) is 35.1 Å². The molecule has 2 rings (SSSR count). The molecule has 0 aromatic heterocycles. The number of ether oxygens (including phenoxy) is 1. The molecule has 0 saturated carbocycles. The Morgan fingerprint density at radius 2 is 1.94 bits per heavy atom. The van der Waals surface area contributed by atoms with E-state index >= 15 is 0 Å². The molecule has 1 aromatic carbocycles. The van der Waals surface area contributed by atoms with Crippen molar-refractivity contribution in [1.29, 1.82) is 0 Å². The molecule has 96 valence electrons. The lowest BCUT2D eigenvalue weighted by Crippen LogP contribution is -2.09. The van der Waals surface area contributed by atoms with E-state index in [-0.39, 0.29) is 0 Å². The lowest BCUT2D eigenvalue weighted by Gasteiger charge is -2.16. The summed E-state index contributed by atoms with van der Waals surface area (Å²) in [6.45, 7) is 11.2. The predicted molar refractivity (Wildman–Crippen MR) is 76.9 cm³/mol. The molecule has 0 radical (unpaired) electrons. The van der Waals surface area contributed by atoms with Gasteiger partial charge in [-0.3, -0.25) is 0 Å². The molecule has 1 heteroatoms. The Morgan fingerprint density at radius 3 is 2.56 bits per heavy atom.